The molecule has 0 aliphatic carbocycles. The zero-order valence-electron chi connectivity index (χ0n) is 17.2. The standard InChI is InChI=1S/C23H37NO/c1-18(2)10-7-11-19(3)12-8-13-20(4)14-9-15-21(5)16-23-24-22(6)17-25-23/h10,12,14,16,22H,7-9,11,13,15,17H2,1-6H3/b19-12+,20-14+,21-16+. The highest BCUT2D eigenvalue weighted by molar-refractivity contribution is 5.89. The Bertz CT molecular complexity index is 557. The number of hydrogen-bond donors (Lipinski definition) is 0. The van der Waals surface area contributed by atoms with Gasteiger partial charge in [-0.2, -0.15) is 0 Å². The molecular formula is C23H37NO. The van der Waals surface area contributed by atoms with Crippen molar-refractivity contribution >= 4 is 5.90 Å². The minimum Gasteiger partial charge on any atom is -0.476 e. The molecule has 1 heterocycles. The van der Waals surface area contributed by atoms with Crippen LogP contribution >= 0.6 is 0 Å². The molecule has 0 amide bonds. The summed E-state index contributed by atoms with van der Waals surface area (Å²) in [4.78, 5) is 4.45. The van der Waals surface area contributed by atoms with Crippen molar-refractivity contribution in [1.82, 2.24) is 0 Å². The molecule has 140 valence electrons. The molecule has 0 saturated carbocycles. The van der Waals surface area contributed by atoms with Crippen LogP contribution in [0.2, 0.25) is 0 Å². The highest BCUT2D eigenvalue weighted by Gasteiger charge is 2.11. The Balaban J connectivity index is 2.26. The van der Waals surface area contributed by atoms with E-state index < -0.39 is 0 Å². The maximum atomic E-state index is 5.53. The number of aliphatic imine (C=N–C) groups is 1. The van der Waals surface area contributed by atoms with E-state index in [2.05, 4.69) is 70.8 Å². The Hall–Kier alpha value is -1.57. The van der Waals surface area contributed by atoms with Crippen molar-refractivity contribution in [2.45, 2.75) is 86.1 Å². The lowest BCUT2D eigenvalue weighted by Gasteiger charge is -2.03. The minimum atomic E-state index is 0.305. The summed E-state index contributed by atoms with van der Waals surface area (Å²) in [5.74, 6) is 0.805. The molecule has 0 aromatic rings. The molecule has 0 aromatic heterocycles. The molecule has 1 rings (SSSR count). The lowest BCUT2D eigenvalue weighted by Crippen LogP contribution is -1.99. The van der Waals surface area contributed by atoms with E-state index in [1.165, 1.54) is 35.1 Å². The molecule has 1 unspecified atom stereocenters. The van der Waals surface area contributed by atoms with Gasteiger partial charge in [0.25, 0.3) is 0 Å². The van der Waals surface area contributed by atoms with Crippen molar-refractivity contribution < 1.29 is 4.74 Å². The third-order valence-electron chi connectivity index (χ3n) is 4.34. The van der Waals surface area contributed by atoms with Crippen LogP contribution < -0.4 is 0 Å². The summed E-state index contributed by atoms with van der Waals surface area (Å²) in [5.41, 5.74) is 5.75. The molecule has 0 aromatic carbocycles. The third kappa shape index (κ3) is 10.8. The van der Waals surface area contributed by atoms with Gasteiger partial charge >= 0.3 is 0 Å². The molecule has 0 radical (unpaired) electrons. The van der Waals surface area contributed by atoms with Gasteiger partial charge in [0.1, 0.15) is 6.61 Å². The third-order valence-corrected chi connectivity index (χ3v) is 4.34. The van der Waals surface area contributed by atoms with E-state index in [4.69, 9.17) is 4.74 Å². The summed E-state index contributed by atoms with van der Waals surface area (Å²) in [7, 11) is 0. The molecule has 25 heavy (non-hydrogen) atoms. The van der Waals surface area contributed by atoms with Gasteiger partial charge in [0.05, 0.1) is 6.04 Å². The van der Waals surface area contributed by atoms with Gasteiger partial charge in [-0.25, -0.2) is 4.99 Å². The first-order chi connectivity index (χ1) is 11.9. The number of hydrogen-bond acceptors (Lipinski definition) is 2. The van der Waals surface area contributed by atoms with Crippen LogP contribution in [0.1, 0.15) is 80.1 Å². The van der Waals surface area contributed by atoms with Crippen LogP contribution in [-0.2, 0) is 4.74 Å². The van der Waals surface area contributed by atoms with Crippen LogP contribution in [0.4, 0.5) is 0 Å². The van der Waals surface area contributed by atoms with Crippen LogP contribution in [0.15, 0.2) is 51.6 Å². The van der Waals surface area contributed by atoms with Gasteiger partial charge in [0.2, 0.25) is 5.90 Å². The van der Waals surface area contributed by atoms with Crippen molar-refractivity contribution in [2.24, 2.45) is 4.99 Å². The molecule has 0 N–H and O–H groups in total. The van der Waals surface area contributed by atoms with Gasteiger partial charge in [-0.3, -0.25) is 0 Å². The highest BCUT2D eigenvalue weighted by atomic mass is 16.5. The first kappa shape index (κ1) is 21.5. The second-order valence-corrected chi connectivity index (χ2v) is 7.62. The molecule has 0 spiro atoms. The van der Waals surface area contributed by atoms with Crippen LogP contribution in [0.5, 0.6) is 0 Å². The first-order valence-electron chi connectivity index (χ1n) is 9.69. The van der Waals surface area contributed by atoms with Crippen LogP contribution in [0.3, 0.4) is 0 Å². The number of ether oxygens (including phenoxy) is 1. The van der Waals surface area contributed by atoms with Crippen molar-refractivity contribution in [1.29, 1.82) is 0 Å². The van der Waals surface area contributed by atoms with E-state index in [0.717, 1.165) is 38.2 Å². The lowest BCUT2D eigenvalue weighted by atomic mass is 10.0. The fourth-order valence-electron chi connectivity index (χ4n) is 2.74. The molecule has 0 bridgehead atoms. The quantitative estimate of drug-likeness (QED) is 0.393. The van der Waals surface area contributed by atoms with Gasteiger partial charge in [-0.05, 0) is 86.1 Å². The second-order valence-electron chi connectivity index (χ2n) is 7.62. The summed E-state index contributed by atoms with van der Waals surface area (Å²) in [6.07, 6.45) is 16.0. The average Bonchev–Trinajstić information content (AvgIpc) is 2.91. The topological polar surface area (TPSA) is 21.6 Å². The van der Waals surface area contributed by atoms with E-state index in [1.807, 2.05) is 0 Å². The Morgan fingerprint density at radius 1 is 0.880 bits per heavy atom. The maximum absolute atomic E-state index is 5.53. The monoisotopic (exact) mass is 343 g/mol. The Labute approximate surface area is 155 Å². The molecule has 1 atom stereocenters. The first-order valence-corrected chi connectivity index (χ1v) is 9.69. The predicted molar refractivity (Wildman–Crippen MR) is 111 cm³/mol. The van der Waals surface area contributed by atoms with Crippen molar-refractivity contribution in [2.75, 3.05) is 6.61 Å². The SMILES string of the molecule is CC(C)=CCC/C(C)=C/CC/C(C)=C/CC/C(C)=C/C1=NC(C)CO1. The number of allylic oxidation sites excluding steroid dienone is 7. The van der Waals surface area contributed by atoms with E-state index in [1.54, 1.807) is 0 Å². The zero-order chi connectivity index (χ0) is 18.7. The largest absolute Gasteiger partial charge is 0.476 e. The van der Waals surface area contributed by atoms with Gasteiger partial charge < -0.3 is 4.74 Å². The fraction of sp³-hybridized carbons (Fsp3) is 0.609. The summed E-state index contributed by atoms with van der Waals surface area (Å²) in [5, 5.41) is 0. The average molecular weight is 344 g/mol. The Kier molecular flexibility index (Phi) is 10.2. The summed E-state index contributed by atoms with van der Waals surface area (Å²) >= 11 is 0. The summed E-state index contributed by atoms with van der Waals surface area (Å²) in [6.45, 7) is 13.8. The van der Waals surface area contributed by atoms with Crippen molar-refractivity contribution in [3.63, 3.8) is 0 Å². The second kappa shape index (κ2) is 11.9. The lowest BCUT2D eigenvalue weighted by molar-refractivity contribution is 0.325. The zero-order valence-corrected chi connectivity index (χ0v) is 17.2. The summed E-state index contributed by atoms with van der Waals surface area (Å²) in [6, 6.07) is 0.305. The number of nitrogens with zero attached hydrogens (tertiary/aromatic N) is 1. The molecule has 0 saturated heterocycles. The van der Waals surface area contributed by atoms with Gasteiger partial charge in [-0.1, -0.05) is 40.5 Å². The predicted octanol–water partition coefficient (Wildman–Crippen LogP) is 6.95. The highest BCUT2D eigenvalue weighted by Crippen LogP contribution is 2.14. The Morgan fingerprint density at radius 2 is 1.40 bits per heavy atom. The summed E-state index contributed by atoms with van der Waals surface area (Å²) < 4.78 is 5.53. The van der Waals surface area contributed by atoms with E-state index >= 15 is 0 Å². The fourth-order valence-corrected chi connectivity index (χ4v) is 2.74. The van der Waals surface area contributed by atoms with Crippen LogP contribution in [0, 0.1) is 0 Å². The van der Waals surface area contributed by atoms with E-state index in [0.29, 0.717) is 6.04 Å². The van der Waals surface area contributed by atoms with Gasteiger partial charge in [0.15, 0.2) is 0 Å². The van der Waals surface area contributed by atoms with Gasteiger partial charge in [0, 0.05) is 0 Å². The Morgan fingerprint density at radius 3 is 1.88 bits per heavy atom. The van der Waals surface area contributed by atoms with Crippen molar-refractivity contribution in [3.8, 4) is 0 Å². The maximum Gasteiger partial charge on any atom is 0.208 e. The molecule has 0 fully saturated rings. The normalized spacial score (nSPS) is 18.9. The number of rotatable bonds is 10. The van der Waals surface area contributed by atoms with Crippen LogP contribution in [-0.4, -0.2) is 18.5 Å². The molecular weight excluding hydrogens is 306 g/mol. The van der Waals surface area contributed by atoms with E-state index in [9.17, 15) is 0 Å². The van der Waals surface area contributed by atoms with E-state index in [-0.39, 0.29) is 0 Å². The molecule has 1 aliphatic rings. The minimum absolute atomic E-state index is 0.305. The van der Waals surface area contributed by atoms with Crippen LogP contribution in [0.25, 0.3) is 0 Å². The molecule has 1 aliphatic heterocycles. The molecule has 2 nitrogen and oxygen atoms in total. The van der Waals surface area contributed by atoms with Crippen molar-refractivity contribution in [3.05, 3.63) is 46.6 Å². The molecule has 2 heteroatoms. The van der Waals surface area contributed by atoms with Gasteiger partial charge in [-0.15, -0.1) is 0 Å². The smallest absolute Gasteiger partial charge is 0.208 e.